The summed E-state index contributed by atoms with van der Waals surface area (Å²) in [5.74, 6) is 0. The van der Waals surface area contributed by atoms with Gasteiger partial charge in [0.2, 0.25) is 0 Å². The van der Waals surface area contributed by atoms with Gasteiger partial charge in [-0.1, -0.05) is 49.6 Å². The lowest BCUT2D eigenvalue weighted by Crippen LogP contribution is -2.43. The fourth-order valence-corrected chi connectivity index (χ4v) is 4.17. The number of hydrogen-bond donors (Lipinski definition) is 2. The number of carbonyl (C=O) groups excluding carboxylic acids is 1. The molecular formula is C20H28N2O4. The van der Waals surface area contributed by atoms with Gasteiger partial charge in [0.15, 0.2) is 6.10 Å². The molecule has 142 valence electrons. The highest BCUT2D eigenvalue weighted by Crippen LogP contribution is 2.29. The SMILES string of the molecule is O=C(NC1CCCCC1)O[C@@H]1CO[C@H]2[C@H]1OC[C@H]2NCc1ccccc1. The zero-order valence-corrected chi connectivity index (χ0v) is 15.1. The predicted octanol–water partition coefficient (Wildman–Crippen LogP) is 2.37. The van der Waals surface area contributed by atoms with Crippen LogP contribution in [-0.4, -0.2) is 49.7 Å². The monoisotopic (exact) mass is 360 g/mol. The molecule has 4 atom stereocenters. The molecule has 0 bridgehead atoms. The highest BCUT2D eigenvalue weighted by atomic mass is 16.6. The minimum atomic E-state index is -0.338. The van der Waals surface area contributed by atoms with E-state index in [1.807, 2.05) is 18.2 Å². The minimum absolute atomic E-state index is 0.0637. The largest absolute Gasteiger partial charge is 0.441 e. The van der Waals surface area contributed by atoms with E-state index in [9.17, 15) is 4.79 Å². The van der Waals surface area contributed by atoms with Crippen molar-refractivity contribution in [2.24, 2.45) is 0 Å². The van der Waals surface area contributed by atoms with Crippen LogP contribution in [0.5, 0.6) is 0 Å². The Kier molecular flexibility index (Phi) is 5.72. The molecule has 2 heterocycles. The van der Waals surface area contributed by atoms with Crippen LogP contribution >= 0.6 is 0 Å². The first-order valence-corrected chi connectivity index (χ1v) is 9.77. The van der Waals surface area contributed by atoms with E-state index in [2.05, 4.69) is 22.8 Å². The Hall–Kier alpha value is -1.63. The topological polar surface area (TPSA) is 68.8 Å². The van der Waals surface area contributed by atoms with E-state index in [-0.39, 0.29) is 36.5 Å². The Labute approximate surface area is 154 Å². The third-order valence-electron chi connectivity index (χ3n) is 5.60. The molecule has 2 N–H and O–H groups in total. The van der Waals surface area contributed by atoms with Gasteiger partial charge in [0.05, 0.1) is 19.3 Å². The van der Waals surface area contributed by atoms with Crippen LogP contribution < -0.4 is 10.6 Å². The number of hydrogen-bond acceptors (Lipinski definition) is 5. The maximum Gasteiger partial charge on any atom is 0.407 e. The molecule has 3 aliphatic rings. The van der Waals surface area contributed by atoms with Crippen molar-refractivity contribution in [1.82, 2.24) is 10.6 Å². The third-order valence-corrected chi connectivity index (χ3v) is 5.60. The third kappa shape index (κ3) is 4.19. The summed E-state index contributed by atoms with van der Waals surface area (Å²) in [6, 6.07) is 10.6. The maximum atomic E-state index is 12.2. The number of nitrogens with one attached hydrogen (secondary N) is 2. The summed E-state index contributed by atoms with van der Waals surface area (Å²) in [5, 5.41) is 6.50. The molecule has 2 aliphatic heterocycles. The molecule has 1 aromatic carbocycles. The van der Waals surface area contributed by atoms with Gasteiger partial charge in [-0.25, -0.2) is 4.79 Å². The van der Waals surface area contributed by atoms with Crippen molar-refractivity contribution in [3.63, 3.8) is 0 Å². The van der Waals surface area contributed by atoms with Crippen LogP contribution in [0.15, 0.2) is 30.3 Å². The van der Waals surface area contributed by atoms with Gasteiger partial charge in [0.25, 0.3) is 0 Å². The van der Waals surface area contributed by atoms with Crippen LogP contribution in [0.25, 0.3) is 0 Å². The Bertz CT molecular complexity index is 591. The van der Waals surface area contributed by atoms with Gasteiger partial charge in [-0.15, -0.1) is 0 Å². The minimum Gasteiger partial charge on any atom is -0.441 e. The second kappa shape index (κ2) is 8.37. The van der Waals surface area contributed by atoms with Gasteiger partial charge in [0, 0.05) is 12.6 Å². The molecule has 1 aliphatic carbocycles. The highest BCUT2D eigenvalue weighted by Gasteiger charge is 2.49. The fourth-order valence-electron chi connectivity index (χ4n) is 4.17. The molecule has 1 aromatic rings. The predicted molar refractivity (Wildman–Crippen MR) is 96.8 cm³/mol. The molecule has 0 unspecified atom stereocenters. The van der Waals surface area contributed by atoms with E-state index in [1.165, 1.54) is 24.8 Å². The second-order valence-electron chi connectivity index (χ2n) is 7.49. The number of ether oxygens (including phenoxy) is 3. The summed E-state index contributed by atoms with van der Waals surface area (Å²) < 4.78 is 17.4. The number of benzene rings is 1. The Balaban J connectivity index is 1.24. The van der Waals surface area contributed by atoms with Crippen LogP contribution in [-0.2, 0) is 20.8 Å². The zero-order chi connectivity index (χ0) is 17.8. The summed E-state index contributed by atoms with van der Waals surface area (Å²) in [7, 11) is 0. The van der Waals surface area contributed by atoms with Crippen molar-refractivity contribution in [2.75, 3.05) is 13.2 Å². The Morgan fingerprint density at radius 1 is 1.04 bits per heavy atom. The summed E-state index contributed by atoms with van der Waals surface area (Å²) >= 11 is 0. The molecule has 6 heteroatoms. The number of fused-ring (bicyclic) bond motifs is 1. The molecule has 1 saturated carbocycles. The Morgan fingerprint density at radius 2 is 1.81 bits per heavy atom. The second-order valence-corrected chi connectivity index (χ2v) is 7.49. The lowest BCUT2D eigenvalue weighted by Gasteiger charge is -2.24. The van der Waals surface area contributed by atoms with E-state index in [0.717, 1.165) is 19.4 Å². The van der Waals surface area contributed by atoms with Gasteiger partial charge in [0.1, 0.15) is 12.2 Å². The van der Waals surface area contributed by atoms with Crippen molar-refractivity contribution in [2.45, 2.75) is 69.0 Å². The molecule has 0 spiro atoms. The molecular weight excluding hydrogens is 332 g/mol. The average molecular weight is 360 g/mol. The lowest BCUT2D eigenvalue weighted by atomic mass is 9.96. The zero-order valence-electron chi connectivity index (χ0n) is 15.1. The summed E-state index contributed by atoms with van der Waals surface area (Å²) in [6.07, 6.45) is 4.81. The van der Waals surface area contributed by atoms with Crippen LogP contribution in [0.1, 0.15) is 37.7 Å². The lowest BCUT2D eigenvalue weighted by molar-refractivity contribution is 0.00252. The number of amides is 1. The first kappa shape index (κ1) is 17.8. The van der Waals surface area contributed by atoms with Crippen molar-refractivity contribution in [3.8, 4) is 0 Å². The molecule has 2 saturated heterocycles. The van der Waals surface area contributed by atoms with Gasteiger partial charge >= 0.3 is 6.09 Å². The molecule has 3 fully saturated rings. The van der Waals surface area contributed by atoms with Gasteiger partial charge in [-0.2, -0.15) is 0 Å². The number of rotatable bonds is 5. The normalized spacial score (nSPS) is 31.5. The van der Waals surface area contributed by atoms with E-state index in [4.69, 9.17) is 14.2 Å². The summed E-state index contributed by atoms with van der Waals surface area (Å²) in [5.41, 5.74) is 1.23. The molecule has 0 aromatic heterocycles. The smallest absolute Gasteiger partial charge is 0.407 e. The van der Waals surface area contributed by atoms with Crippen LogP contribution in [0.4, 0.5) is 4.79 Å². The van der Waals surface area contributed by atoms with Gasteiger partial charge in [-0.3, -0.25) is 0 Å². The van der Waals surface area contributed by atoms with Crippen molar-refractivity contribution >= 4 is 6.09 Å². The first-order valence-electron chi connectivity index (χ1n) is 9.77. The summed E-state index contributed by atoms with van der Waals surface area (Å²) in [6.45, 7) is 1.75. The summed E-state index contributed by atoms with van der Waals surface area (Å²) in [4.78, 5) is 12.2. The van der Waals surface area contributed by atoms with Gasteiger partial charge < -0.3 is 24.8 Å². The number of alkyl carbamates (subject to hydrolysis) is 1. The van der Waals surface area contributed by atoms with Crippen molar-refractivity contribution in [1.29, 1.82) is 0 Å². The van der Waals surface area contributed by atoms with Crippen molar-refractivity contribution in [3.05, 3.63) is 35.9 Å². The highest BCUT2D eigenvalue weighted by molar-refractivity contribution is 5.68. The fraction of sp³-hybridized carbons (Fsp3) is 0.650. The quantitative estimate of drug-likeness (QED) is 0.844. The van der Waals surface area contributed by atoms with E-state index in [1.54, 1.807) is 0 Å². The van der Waals surface area contributed by atoms with Crippen LogP contribution in [0.3, 0.4) is 0 Å². The molecule has 1 amide bonds. The van der Waals surface area contributed by atoms with Crippen LogP contribution in [0.2, 0.25) is 0 Å². The van der Waals surface area contributed by atoms with Crippen LogP contribution in [0, 0.1) is 0 Å². The average Bonchev–Trinajstić information content (AvgIpc) is 3.25. The van der Waals surface area contributed by atoms with E-state index < -0.39 is 0 Å². The standard InChI is InChI=1S/C20H28N2O4/c23-20(22-15-9-5-2-6-10-15)26-17-13-25-18-16(12-24-19(17)18)21-11-14-7-3-1-4-8-14/h1,3-4,7-8,15-19,21H,2,5-6,9-13H2,(H,22,23)/t16-,17-,18-,19+/m1/s1. The molecule has 4 rings (SSSR count). The van der Waals surface area contributed by atoms with E-state index >= 15 is 0 Å². The van der Waals surface area contributed by atoms with E-state index in [0.29, 0.717) is 13.2 Å². The Morgan fingerprint density at radius 3 is 2.62 bits per heavy atom. The molecule has 26 heavy (non-hydrogen) atoms. The van der Waals surface area contributed by atoms with Crippen molar-refractivity contribution < 1.29 is 19.0 Å². The maximum absolute atomic E-state index is 12.2. The molecule has 6 nitrogen and oxygen atoms in total. The van der Waals surface area contributed by atoms with Gasteiger partial charge in [-0.05, 0) is 18.4 Å². The molecule has 0 radical (unpaired) electrons. The number of carbonyl (C=O) groups is 1. The first-order chi connectivity index (χ1) is 12.8.